The van der Waals surface area contributed by atoms with Gasteiger partial charge >= 0.3 is 0 Å². The molecule has 24 heavy (non-hydrogen) atoms. The standard InChI is InChI=1S/C18H16O6/c1-9-15(10-4-7-13(22-2)14(8-10)23-3)16(20)11-5-6-12(19)17(21)18(11)24-9/h4-8,19,21H,1-3H3. The molecule has 1 heterocycles. The molecule has 6 heteroatoms. The lowest BCUT2D eigenvalue weighted by Crippen LogP contribution is -2.07. The molecule has 0 radical (unpaired) electrons. The van der Waals surface area contributed by atoms with Gasteiger partial charge in [0.25, 0.3) is 0 Å². The van der Waals surface area contributed by atoms with Gasteiger partial charge in [0.05, 0.1) is 25.2 Å². The topological polar surface area (TPSA) is 89.1 Å². The molecule has 6 nitrogen and oxygen atoms in total. The molecule has 3 aromatic rings. The zero-order valence-corrected chi connectivity index (χ0v) is 13.4. The van der Waals surface area contributed by atoms with Crippen molar-refractivity contribution in [2.75, 3.05) is 14.2 Å². The Morgan fingerprint density at radius 2 is 1.71 bits per heavy atom. The quantitative estimate of drug-likeness (QED) is 0.718. The maximum absolute atomic E-state index is 12.8. The molecule has 0 amide bonds. The van der Waals surface area contributed by atoms with Crippen LogP contribution in [0.3, 0.4) is 0 Å². The Hall–Kier alpha value is -3.15. The summed E-state index contributed by atoms with van der Waals surface area (Å²) in [7, 11) is 3.04. The van der Waals surface area contributed by atoms with Gasteiger partial charge in [-0.15, -0.1) is 0 Å². The highest BCUT2D eigenvalue weighted by molar-refractivity contribution is 5.88. The van der Waals surface area contributed by atoms with Gasteiger partial charge in [0.2, 0.25) is 11.2 Å². The number of aromatic hydroxyl groups is 2. The molecule has 0 spiro atoms. The molecular weight excluding hydrogens is 312 g/mol. The van der Waals surface area contributed by atoms with Crippen LogP contribution < -0.4 is 14.9 Å². The van der Waals surface area contributed by atoms with Crippen LogP contribution in [0.5, 0.6) is 23.0 Å². The number of benzene rings is 2. The molecule has 0 saturated carbocycles. The van der Waals surface area contributed by atoms with Gasteiger partial charge < -0.3 is 24.1 Å². The first-order valence-corrected chi connectivity index (χ1v) is 7.18. The van der Waals surface area contributed by atoms with E-state index in [1.807, 2.05) is 0 Å². The molecule has 0 bridgehead atoms. The summed E-state index contributed by atoms with van der Waals surface area (Å²) in [6, 6.07) is 7.78. The van der Waals surface area contributed by atoms with Crippen molar-refractivity contribution in [1.82, 2.24) is 0 Å². The summed E-state index contributed by atoms with van der Waals surface area (Å²) in [5.74, 6) is 0.560. The average Bonchev–Trinajstić information content (AvgIpc) is 2.58. The van der Waals surface area contributed by atoms with Crippen LogP contribution >= 0.6 is 0 Å². The third-order valence-corrected chi connectivity index (χ3v) is 3.86. The second kappa shape index (κ2) is 5.81. The summed E-state index contributed by atoms with van der Waals surface area (Å²) in [4.78, 5) is 12.8. The molecule has 0 saturated heterocycles. The van der Waals surface area contributed by atoms with E-state index in [4.69, 9.17) is 13.9 Å². The van der Waals surface area contributed by atoms with Gasteiger partial charge in [0.1, 0.15) is 5.76 Å². The Labute approximate surface area is 137 Å². The van der Waals surface area contributed by atoms with Crippen LogP contribution in [0.2, 0.25) is 0 Å². The van der Waals surface area contributed by atoms with E-state index in [-0.39, 0.29) is 22.1 Å². The lowest BCUT2D eigenvalue weighted by Gasteiger charge is -2.12. The van der Waals surface area contributed by atoms with E-state index < -0.39 is 5.75 Å². The summed E-state index contributed by atoms with van der Waals surface area (Å²) in [5, 5.41) is 19.7. The van der Waals surface area contributed by atoms with Gasteiger partial charge in [-0.25, -0.2) is 0 Å². The van der Waals surface area contributed by atoms with Crippen LogP contribution in [0.15, 0.2) is 39.5 Å². The maximum atomic E-state index is 12.8. The van der Waals surface area contributed by atoms with Crippen LogP contribution in [0, 0.1) is 6.92 Å². The van der Waals surface area contributed by atoms with E-state index in [0.717, 1.165) is 0 Å². The van der Waals surface area contributed by atoms with E-state index in [9.17, 15) is 15.0 Å². The van der Waals surface area contributed by atoms with Gasteiger partial charge in [-0.1, -0.05) is 6.07 Å². The largest absolute Gasteiger partial charge is 0.504 e. The third-order valence-electron chi connectivity index (χ3n) is 3.86. The summed E-state index contributed by atoms with van der Waals surface area (Å²) < 4.78 is 16.1. The predicted molar refractivity (Wildman–Crippen MR) is 89.1 cm³/mol. The minimum Gasteiger partial charge on any atom is -0.504 e. The fraction of sp³-hybridized carbons (Fsp3) is 0.167. The molecule has 3 rings (SSSR count). The first-order valence-electron chi connectivity index (χ1n) is 7.18. The number of fused-ring (bicyclic) bond motifs is 1. The van der Waals surface area contributed by atoms with E-state index in [1.165, 1.54) is 26.4 Å². The average molecular weight is 328 g/mol. The molecule has 0 unspecified atom stereocenters. The van der Waals surface area contributed by atoms with Gasteiger partial charge in [-0.3, -0.25) is 4.79 Å². The van der Waals surface area contributed by atoms with Crippen LogP contribution in [0.4, 0.5) is 0 Å². The number of hydrogen-bond donors (Lipinski definition) is 2. The van der Waals surface area contributed by atoms with Crippen molar-refractivity contribution < 1.29 is 24.1 Å². The van der Waals surface area contributed by atoms with Gasteiger partial charge in [-0.2, -0.15) is 0 Å². The van der Waals surface area contributed by atoms with Gasteiger partial charge in [0, 0.05) is 0 Å². The second-order valence-electron chi connectivity index (χ2n) is 5.24. The normalized spacial score (nSPS) is 10.8. The van der Waals surface area contributed by atoms with Crippen molar-refractivity contribution in [3.63, 3.8) is 0 Å². The Morgan fingerprint density at radius 1 is 1.00 bits per heavy atom. The number of phenolic OH excluding ortho intramolecular Hbond substituents is 2. The fourth-order valence-corrected chi connectivity index (χ4v) is 2.67. The van der Waals surface area contributed by atoms with Crippen molar-refractivity contribution in [3.8, 4) is 34.1 Å². The summed E-state index contributed by atoms with van der Waals surface area (Å²) in [6.45, 7) is 1.62. The zero-order chi connectivity index (χ0) is 17.4. The molecule has 0 aliphatic rings. The third kappa shape index (κ3) is 2.32. The molecule has 0 aliphatic heterocycles. The van der Waals surface area contributed by atoms with E-state index in [2.05, 4.69) is 0 Å². The Morgan fingerprint density at radius 3 is 2.38 bits per heavy atom. The highest BCUT2D eigenvalue weighted by Crippen LogP contribution is 2.36. The van der Waals surface area contributed by atoms with Crippen molar-refractivity contribution in [2.45, 2.75) is 6.92 Å². The lowest BCUT2D eigenvalue weighted by atomic mass is 10.0. The molecule has 0 aliphatic carbocycles. The molecule has 2 aromatic carbocycles. The molecule has 0 fully saturated rings. The lowest BCUT2D eigenvalue weighted by molar-refractivity contribution is 0.355. The van der Waals surface area contributed by atoms with Crippen LogP contribution in [0.25, 0.3) is 22.1 Å². The number of phenols is 2. The SMILES string of the molecule is COc1ccc(-c2c(C)oc3c(O)c(O)ccc3c2=O)cc1OC. The van der Waals surface area contributed by atoms with E-state index in [1.54, 1.807) is 25.1 Å². The Kier molecular flexibility index (Phi) is 3.81. The molecular formula is C18H16O6. The fourth-order valence-electron chi connectivity index (χ4n) is 2.67. The molecule has 0 atom stereocenters. The van der Waals surface area contributed by atoms with Crippen LogP contribution in [-0.2, 0) is 0 Å². The van der Waals surface area contributed by atoms with Gasteiger partial charge in [-0.05, 0) is 36.8 Å². The molecule has 124 valence electrons. The number of methoxy groups -OCH3 is 2. The second-order valence-corrected chi connectivity index (χ2v) is 5.24. The first kappa shape index (κ1) is 15.7. The van der Waals surface area contributed by atoms with E-state index in [0.29, 0.717) is 28.4 Å². The first-order chi connectivity index (χ1) is 11.5. The minimum absolute atomic E-state index is 0.0401. The number of hydrogen-bond acceptors (Lipinski definition) is 6. The predicted octanol–water partition coefficient (Wildman–Crippen LogP) is 3.20. The van der Waals surface area contributed by atoms with Crippen molar-refractivity contribution >= 4 is 11.0 Å². The van der Waals surface area contributed by atoms with Gasteiger partial charge in [0.15, 0.2) is 22.8 Å². The van der Waals surface area contributed by atoms with Crippen molar-refractivity contribution in [3.05, 3.63) is 46.3 Å². The van der Waals surface area contributed by atoms with E-state index >= 15 is 0 Å². The summed E-state index contributed by atoms with van der Waals surface area (Å²) in [5.41, 5.74) is 0.611. The smallest absolute Gasteiger partial charge is 0.201 e. The summed E-state index contributed by atoms with van der Waals surface area (Å²) in [6.07, 6.45) is 0. The minimum atomic E-state index is -0.452. The zero-order valence-electron chi connectivity index (χ0n) is 13.4. The van der Waals surface area contributed by atoms with Crippen molar-refractivity contribution in [1.29, 1.82) is 0 Å². The monoisotopic (exact) mass is 328 g/mol. The van der Waals surface area contributed by atoms with Crippen LogP contribution in [0.1, 0.15) is 5.76 Å². The number of aryl methyl sites for hydroxylation is 1. The maximum Gasteiger partial charge on any atom is 0.201 e. The van der Waals surface area contributed by atoms with Crippen LogP contribution in [-0.4, -0.2) is 24.4 Å². The Bertz CT molecular complexity index is 987. The highest BCUT2D eigenvalue weighted by Gasteiger charge is 2.18. The number of rotatable bonds is 3. The van der Waals surface area contributed by atoms with Crippen molar-refractivity contribution in [2.24, 2.45) is 0 Å². The number of ether oxygens (including phenoxy) is 2. The molecule has 2 N–H and O–H groups in total. The summed E-state index contributed by atoms with van der Waals surface area (Å²) >= 11 is 0. The highest BCUT2D eigenvalue weighted by atomic mass is 16.5. The molecule has 1 aromatic heterocycles. The Balaban J connectivity index is 2.32.